The van der Waals surface area contributed by atoms with Gasteiger partial charge in [-0.1, -0.05) is 0 Å². The largest absolute Gasteiger partial charge is 0.446 e. The third-order valence-electron chi connectivity index (χ3n) is 4.52. The van der Waals surface area contributed by atoms with Gasteiger partial charge >= 0.3 is 6.09 Å². The quantitative estimate of drug-likeness (QED) is 0.611. The van der Waals surface area contributed by atoms with E-state index < -0.39 is 5.09 Å². The van der Waals surface area contributed by atoms with E-state index in [9.17, 15) is 14.9 Å². The number of nitrogens with zero attached hydrogens (tertiary/aromatic N) is 2. The van der Waals surface area contributed by atoms with Crippen molar-refractivity contribution in [2.45, 2.75) is 50.7 Å². The molecular formula is C14H25N3O5. The van der Waals surface area contributed by atoms with Gasteiger partial charge in [-0.15, -0.1) is 10.1 Å². The summed E-state index contributed by atoms with van der Waals surface area (Å²) in [6.07, 6.45) is 4.73. The van der Waals surface area contributed by atoms with Gasteiger partial charge in [0.2, 0.25) is 0 Å². The van der Waals surface area contributed by atoms with Crippen LogP contribution in [-0.4, -0.2) is 55.0 Å². The summed E-state index contributed by atoms with van der Waals surface area (Å²) in [4.78, 5) is 28.7. The van der Waals surface area contributed by atoms with Crippen LogP contribution in [0.2, 0.25) is 0 Å². The fourth-order valence-corrected chi connectivity index (χ4v) is 3.09. The minimum absolute atomic E-state index is 0.0148. The van der Waals surface area contributed by atoms with Crippen molar-refractivity contribution in [3.63, 3.8) is 0 Å². The Morgan fingerprint density at radius 3 is 2.45 bits per heavy atom. The molecule has 0 aromatic rings. The number of carbonyl (C=O) groups is 1. The molecule has 8 heteroatoms. The second-order valence-electron chi connectivity index (χ2n) is 6.29. The standard InChI is InChI=1S/C14H25N3O5/c1-16-8-6-13(7-9-16)22-14(18)15-12-4-2-11(3-5-12)10-21-17(19)20/h11-13H,2-10H2,1H3,(H,15,18)/t11-,12-. The number of hydrogen-bond donors (Lipinski definition) is 1. The van der Waals surface area contributed by atoms with Crippen LogP contribution in [0.25, 0.3) is 0 Å². The van der Waals surface area contributed by atoms with Crippen LogP contribution in [0.15, 0.2) is 0 Å². The van der Waals surface area contributed by atoms with E-state index in [-0.39, 0.29) is 30.8 Å². The number of alkyl carbamates (subject to hydrolysis) is 1. The summed E-state index contributed by atoms with van der Waals surface area (Å²) in [6.45, 7) is 2.07. The first-order valence-corrected chi connectivity index (χ1v) is 7.96. The zero-order valence-corrected chi connectivity index (χ0v) is 13.0. The molecule has 126 valence electrons. The molecule has 0 unspecified atom stereocenters. The summed E-state index contributed by atoms with van der Waals surface area (Å²) in [5.74, 6) is 0.202. The van der Waals surface area contributed by atoms with Crippen molar-refractivity contribution in [1.82, 2.24) is 10.2 Å². The Bertz CT molecular complexity index is 377. The number of likely N-dealkylation sites (tertiary alicyclic amines) is 1. The molecule has 0 atom stereocenters. The summed E-state index contributed by atoms with van der Waals surface area (Å²) in [6, 6.07) is 0.102. The number of carbonyl (C=O) groups excluding carboxylic acids is 1. The molecule has 0 bridgehead atoms. The number of hydrogen-bond acceptors (Lipinski definition) is 6. The minimum atomic E-state index is -0.747. The third-order valence-corrected chi connectivity index (χ3v) is 4.52. The van der Waals surface area contributed by atoms with Crippen LogP contribution >= 0.6 is 0 Å². The van der Waals surface area contributed by atoms with Gasteiger partial charge in [0.15, 0.2) is 0 Å². The van der Waals surface area contributed by atoms with Gasteiger partial charge < -0.3 is 19.8 Å². The Hall–Kier alpha value is -1.57. The highest BCUT2D eigenvalue weighted by atomic mass is 16.9. The second-order valence-corrected chi connectivity index (χ2v) is 6.29. The maximum absolute atomic E-state index is 11.9. The molecule has 1 N–H and O–H groups in total. The van der Waals surface area contributed by atoms with Crippen molar-refractivity contribution in [3.05, 3.63) is 10.1 Å². The topological polar surface area (TPSA) is 93.9 Å². The first kappa shape index (κ1) is 16.8. The Balaban J connectivity index is 1.61. The molecule has 22 heavy (non-hydrogen) atoms. The van der Waals surface area contributed by atoms with E-state index in [1.807, 2.05) is 0 Å². The first-order chi connectivity index (χ1) is 10.5. The lowest BCUT2D eigenvalue weighted by molar-refractivity contribution is -0.759. The van der Waals surface area contributed by atoms with Crippen LogP contribution in [0, 0.1) is 16.0 Å². The van der Waals surface area contributed by atoms with Crippen molar-refractivity contribution in [2.75, 3.05) is 26.7 Å². The molecule has 0 aromatic carbocycles. The van der Waals surface area contributed by atoms with Gasteiger partial charge in [0.05, 0.1) is 6.61 Å². The average molecular weight is 315 g/mol. The molecule has 2 fully saturated rings. The molecule has 2 aliphatic rings. The van der Waals surface area contributed by atoms with Crippen LogP contribution in [0.1, 0.15) is 38.5 Å². The average Bonchev–Trinajstić information content (AvgIpc) is 2.49. The summed E-state index contributed by atoms with van der Waals surface area (Å²) >= 11 is 0. The fourth-order valence-electron chi connectivity index (χ4n) is 3.09. The Kier molecular flexibility index (Phi) is 6.23. The zero-order chi connectivity index (χ0) is 15.9. The SMILES string of the molecule is CN1CCC(OC(=O)N[C@H]2CC[C@H](CO[N+](=O)[O-])CC2)CC1. The summed E-state index contributed by atoms with van der Waals surface area (Å²) in [5.41, 5.74) is 0. The molecule has 1 saturated carbocycles. The van der Waals surface area contributed by atoms with Crippen molar-refractivity contribution >= 4 is 6.09 Å². The van der Waals surface area contributed by atoms with Gasteiger partial charge in [0.25, 0.3) is 5.09 Å². The van der Waals surface area contributed by atoms with Crippen LogP contribution in [-0.2, 0) is 9.57 Å². The van der Waals surface area contributed by atoms with Gasteiger partial charge in [0.1, 0.15) is 6.10 Å². The highest BCUT2D eigenvalue weighted by Crippen LogP contribution is 2.24. The van der Waals surface area contributed by atoms with Gasteiger partial charge in [0, 0.05) is 19.1 Å². The lowest BCUT2D eigenvalue weighted by Crippen LogP contribution is -2.42. The molecular weight excluding hydrogens is 290 g/mol. The van der Waals surface area contributed by atoms with E-state index in [1.54, 1.807) is 0 Å². The monoisotopic (exact) mass is 315 g/mol. The van der Waals surface area contributed by atoms with E-state index in [0.29, 0.717) is 0 Å². The normalized spacial score (nSPS) is 27.1. The zero-order valence-electron chi connectivity index (χ0n) is 13.0. The Morgan fingerprint density at radius 2 is 1.86 bits per heavy atom. The van der Waals surface area contributed by atoms with E-state index in [0.717, 1.165) is 51.6 Å². The van der Waals surface area contributed by atoms with Gasteiger partial charge in [-0.25, -0.2) is 4.79 Å². The van der Waals surface area contributed by atoms with Crippen molar-refractivity contribution in [2.24, 2.45) is 5.92 Å². The summed E-state index contributed by atoms with van der Waals surface area (Å²) in [5, 5.41) is 12.3. The lowest BCUT2D eigenvalue weighted by atomic mass is 9.87. The molecule has 2 rings (SSSR count). The molecule has 0 radical (unpaired) electrons. The van der Waals surface area contributed by atoms with Crippen molar-refractivity contribution in [1.29, 1.82) is 0 Å². The van der Waals surface area contributed by atoms with Crippen LogP contribution < -0.4 is 5.32 Å². The number of ether oxygens (including phenoxy) is 1. The molecule has 0 aromatic heterocycles. The number of nitrogens with one attached hydrogen (secondary N) is 1. The van der Waals surface area contributed by atoms with Gasteiger partial charge in [-0.3, -0.25) is 0 Å². The lowest BCUT2D eigenvalue weighted by Gasteiger charge is -2.31. The predicted molar refractivity (Wildman–Crippen MR) is 78.8 cm³/mol. The molecule has 1 amide bonds. The second kappa shape index (κ2) is 8.17. The molecule has 1 aliphatic carbocycles. The number of amides is 1. The molecule has 1 aliphatic heterocycles. The van der Waals surface area contributed by atoms with Crippen molar-refractivity contribution < 1.29 is 19.5 Å². The molecule has 0 spiro atoms. The highest BCUT2D eigenvalue weighted by Gasteiger charge is 2.25. The highest BCUT2D eigenvalue weighted by molar-refractivity contribution is 5.67. The Morgan fingerprint density at radius 1 is 1.23 bits per heavy atom. The van der Waals surface area contributed by atoms with Crippen LogP contribution in [0.4, 0.5) is 4.79 Å². The van der Waals surface area contributed by atoms with Crippen LogP contribution in [0.3, 0.4) is 0 Å². The number of rotatable bonds is 5. The van der Waals surface area contributed by atoms with Crippen LogP contribution in [0.5, 0.6) is 0 Å². The summed E-state index contributed by atoms with van der Waals surface area (Å²) < 4.78 is 5.46. The van der Waals surface area contributed by atoms with Gasteiger partial charge in [-0.2, -0.15) is 0 Å². The van der Waals surface area contributed by atoms with E-state index in [4.69, 9.17) is 4.74 Å². The van der Waals surface area contributed by atoms with E-state index in [2.05, 4.69) is 22.1 Å². The predicted octanol–water partition coefficient (Wildman–Crippen LogP) is 1.57. The Labute approximate surface area is 130 Å². The van der Waals surface area contributed by atoms with E-state index >= 15 is 0 Å². The maximum Gasteiger partial charge on any atom is 0.407 e. The summed E-state index contributed by atoms with van der Waals surface area (Å²) in [7, 11) is 2.07. The van der Waals surface area contributed by atoms with E-state index in [1.165, 1.54) is 0 Å². The van der Waals surface area contributed by atoms with Crippen molar-refractivity contribution in [3.8, 4) is 0 Å². The first-order valence-electron chi connectivity index (χ1n) is 7.96. The van der Waals surface area contributed by atoms with Gasteiger partial charge in [-0.05, 0) is 51.5 Å². The molecule has 8 nitrogen and oxygen atoms in total. The fraction of sp³-hybridized carbons (Fsp3) is 0.929. The minimum Gasteiger partial charge on any atom is -0.446 e. The number of piperidine rings is 1. The molecule has 1 saturated heterocycles. The third kappa shape index (κ3) is 5.67. The maximum atomic E-state index is 11.9. The smallest absolute Gasteiger partial charge is 0.407 e. The molecule has 1 heterocycles.